The van der Waals surface area contributed by atoms with E-state index in [2.05, 4.69) is 10.1 Å². The second-order valence-corrected chi connectivity index (χ2v) is 6.36. The average Bonchev–Trinajstić information content (AvgIpc) is 3.17. The third-order valence-corrected chi connectivity index (χ3v) is 4.74. The van der Waals surface area contributed by atoms with E-state index in [4.69, 9.17) is 0 Å². The molecule has 0 N–H and O–H groups in total. The summed E-state index contributed by atoms with van der Waals surface area (Å²) in [5.74, 6) is 0.127. The molecule has 132 valence electrons. The SMILES string of the molecule is Cc1ccccc1CC(=O)N1CCN(C(=O)[C@H](C)n2cncn2)CC1. The summed E-state index contributed by atoms with van der Waals surface area (Å²) in [5.41, 5.74) is 2.19. The Morgan fingerprint density at radius 1 is 1.12 bits per heavy atom. The lowest BCUT2D eigenvalue weighted by molar-refractivity contribution is -0.141. The first-order valence-corrected chi connectivity index (χ1v) is 8.51. The number of aryl methyl sites for hydroxylation is 1. The number of rotatable bonds is 4. The fourth-order valence-corrected chi connectivity index (χ4v) is 3.05. The first-order chi connectivity index (χ1) is 12.1. The Kier molecular flexibility index (Phi) is 5.11. The lowest BCUT2D eigenvalue weighted by atomic mass is 10.1. The van der Waals surface area contributed by atoms with Gasteiger partial charge in [0, 0.05) is 26.2 Å². The van der Waals surface area contributed by atoms with E-state index in [9.17, 15) is 9.59 Å². The van der Waals surface area contributed by atoms with Gasteiger partial charge in [0.25, 0.3) is 0 Å². The van der Waals surface area contributed by atoms with Crippen LogP contribution in [0.2, 0.25) is 0 Å². The van der Waals surface area contributed by atoms with Gasteiger partial charge in [-0.1, -0.05) is 24.3 Å². The highest BCUT2D eigenvalue weighted by atomic mass is 16.2. The highest BCUT2D eigenvalue weighted by molar-refractivity contribution is 5.81. The molecular weight excluding hydrogens is 318 g/mol. The Labute approximate surface area is 147 Å². The van der Waals surface area contributed by atoms with Gasteiger partial charge in [0.2, 0.25) is 11.8 Å². The number of carbonyl (C=O) groups excluding carboxylic acids is 2. The van der Waals surface area contributed by atoms with E-state index in [-0.39, 0.29) is 17.9 Å². The van der Waals surface area contributed by atoms with Crippen molar-refractivity contribution in [1.29, 1.82) is 0 Å². The van der Waals surface area contributed by atoms with Crippen LogP contribution in [-0.4, -0.2) is 62.6 Å². The molecule has 3 rings (SSSR count). The first kappa shape index (κ1) is 17.1. The summed E-state index contributed by atoms with van der Waals surface area (Å²) in [6, 6.07) is 7.57. The molecule has 1 aromatic heterocycles. The molecule has 1 aromatic carbocycles. The highest BCUT2D eigenvalue weighted by Gasteiger charge is 2.28. The predicted molar refractivity (Wildman–Crippen MR) is 92.8 cm³/mol. The molecule has 7 heteroatoms. The summed E-state index contributed by atoms with van der Waals surface area (Å²) in [6.45, 7) is 6.08. The number of piperazine rings is 1. The molecule has 0 saturated carbocycles. The topological polar surface area (TPSA) is 71.3 Å². The Hall–Kier alpha value is -2.70. The van der Waals surface area contributed by atoms with Crippen LogP contribution in [0, 0.1) is 6.92 Å². The van der Waals surface area contributed by atoms with Crippen LogP contribution in [0.1, 0.15) is 24.1 Å². The zero-order valence-corrected chi connectivity index (χ0v) is 14.6. The zero-order chi connectivity index (χ0) is 17.8. The molecule has 0 aliphatic carbocycles. The summed E-state index contributed by atoms with van der Waals surface area (Å²) in [4.78, 5) is 32.6. The van der Waals surface area contributed by atoms with E-state index in [1.807, 2.05) is 43.0 Å². The monoisotopic (exact) mass is 341 g/mol. The number of hydrogen-bond donors (Lipinski definition) is 0. The molecular formula is C18H23N5O2. The van der Waals surface area contributed by atoms with E-state index < -0.39 is 0 Å². The number of hydrogen-bond acceptors (Lipinski definition) is 4. The van der Waals surface area contributed by atoms with Crippen molar-refractivity contribution < 1.29 is 9.59 Å². The van der Waals surface area contributed by atoms with Gasteiger partial charge in [-0.15, -0.1) is 0 Å². The number of benzene rings is 1. The van der Waals surface area contributed by atoms with Crippen LogP contribution in [0.4, 0.5) is 0 Å². The van der Waals surface area contributed by atoms with Crippen LogP contribution >= 0.6 is 0 Å². The average molecular weight is 341 g/mol. The van der Waals surface area contributed by atoms with E-state index in [0.717, 1.165) is 11.1 Å². The number of carbonyl (C=O) groups is 2. The third-order valence-electron chi connectivity index (χ3n) is 4.74. The molecule has 0 bridgehead atoms. The zero-order valence-electron chi connectivity index (χ0n) is 14.6. The van der Waals surface area contributed by atoms with Crippen molar-refractivity contribution in [1.82, 2.24) is 24.6 Å². The van der Waals surface area contributed by atoms with Crippen molar-refractivity contribution >= 4 is 11.8 Å². The van der Waals surface area contributed by atoms with E-state index >= 15 is 0 Å². The molecule has 1 fully saturated rings. The maximum Gasteiger partial charge on any atom is 0.247 e. The molecule has 1 aliphatic heterocycles. The van der Waals surface area contributed by atoms with E-state index in [0.29, 0.717) is 32.6 Å². The van der Waals surface area contributed by atoms with Crippen molar-refractivity contribution in [2.24, 2.45) is 0 Å². The Morgan fingerprint density at radius 3 is 2.44 bits per heavy atom. The minimum atomic E-state index is -0.378. The van der Waals surface area contributed by atoms with Crippen LogP contribution in [-0.2, 0) is 16.0 Å². The van der Waals surface area contributed by atoms with E-state index in [1.165, 1.54) is 6.33 Å². The Morgan fingerprint density at radius 2 is 1.80 bits per heavy atom. The van der Waals surface area contributed by atoms with Gasteiger partial charge in [0.15, 0.2) is 0 Å². The number of amides is 2. The summed E-state index contributed by atoms with van der Waals surface area (Å²) in [7, 11) is 0. The van der Waals surface area contributed by atoms with Crippen LogP contribution in [0.5, 0.6) is 0 Å². The molecule has 1 saturated heterocycles. The van der Waals surface area contributed by atoms with Crippen LogP contribution in [0.3, 0.4) is 0 Å². The third kappa shape index (κ3) is 3.87. The normalized spacial score (nSPS) is 15.9. The van der Waals surface area contributed by atoms with Crippen molar-refractivity contribution in [2.45, 2.75) is 26.3 Å². The summed E-state index contributed by atoms with van der Waals surface area (Å²) >= 11 is 0. The van der Waals surface area contributed by atoms with Gasteiger partial charge in [0.05, 0.1) is 6.42 Å². The molecule has 1 aliphatic rings. The lowest BCUT2D eigenvalue weighted by Crippen LogP contribution is -2.52. The summed E-state index contributed by atoms with van der Waals surface area (Å²) < 4.78 is 1.55. The van der Waals surface area contributed by atoms with Crippen molar-refractivity contribution in [3.8, 4) is 0 Å². The van der Waals surface area contributed by atoms with Crippen molar-refractivity contribution in [3.63, 3.8) is 0 Å². The fraction of sp³-hybridized carbons (Fsp3) is 0.444. The summed E-state index contributed by atoms with van der Waals surface area (Å²) in [5, 5.41) is 4.02. The fourth-order valence-electron chi connectivity index (χ4n) is 3.05. The van der Waals surface area contributed by atoms with Gasteiger partial charge in [-0.25, -0.2) is 9.67 Å². The first-order valence-electron chi connectivity index (χ1n) is 8.51. The molecule has 1 atom stereocenters. The quantitative estimate of drug-likeness (QED) is 0.834. The minimum Gasteiger partial charge on any atom is -0.339 e. The smallest absolute Gasteiger partial charge is 0.247 e. The van der Waals surface area contributed by atoms with Gasteiger partial charge >= 0.3 is 0 Å². The van der Waals surface area contributed by atoms with Crippen molar-refractivity contribution in [2.75, 3.05) is 26.2 Å². The molecule has 0 radical (unpaired) electrons. The maximum absolute atomic E-state index is 12.5. The summed E-state index contributed by atoms with van der Waals surface area (Å²) in [6.07, 6.45) is 3.38. The van der Waals surface area contributed by atoms with Gasteiger partial charge in [0.1, 0.15) is 18.7 Å². The molecule has 25 heavy (non-hydrogen) atoms. The van der Waals surface area contributed by atoms with Gasteiger partial charge in [-0.3, -0.25) is 9.59 Å². The lowest BCUT2D eigenvalue weighted by Gasteiger charge is -2.36. The number of aromatic nitrogens is 3. The largest absolute Gasteiger partial charge is 0.339 e. The minimum absolute atomic E-state index is 0.0107. The van der Waals surface area contributed by atoms with E-state index in [1.54, 1.807) is 15.9 Å². The predicted octanol–water partition coefficient (Wildman–Crippen LogP) is 1.06. The van der Waals surface area contributed by atoms with Gasteiger partial charge in [-0.2, -0.15) is 5.10 Å². The van der Waals surface area contributed by atoms with Gasteiger partial charge < -0.3 is 9.80 Å². The molecule has 7 nitrogen and oxygen atoms in total. The number of nitrogens with zero attached hydrogens (tertiary/aromatic N) is 5. The van der Waals surface area contributed by atoms with Crippen molar-refractivity contribution in [3.05, 3.63) is 48.0 Å². The molecule has 0 spiro atoms. The van der Waals surface area contributed by atoms with Gasteiger partial charge in [-0.05, 0) is 25.0 Å². The van der Waals surface area contributed by atoms with Crippen LogP contribution in [0.15, 0.2) is 36.9 Å². The Balaban J connectivity index is 1.54. The molecule has 2 aromatic rings. The second kappa shape index (κ2) is 7.46. The Bertz CT molecular complexity index is 736. The standard InChI is InChI=1S/C18H23N5O2/c1-14-5-3-4-6-16(14)11-17(24)21-7-9-22(10-8-21)18(25)15(2)23-13-19-12-20-23/h3-6,12-13,15H,7-11H2,1-2H3/t15-/m0/s1. The molecule has 0 unspecified atom stereocenters. The highest BCUT2D eigenvalue weighted by Crippen LogP contribution is 2.13. The molecule has 2 amide bonds. The van der Waals surface area contributed by atoms with Crippen LogP contribution in [0.25, 0.3) is 0 Å². The second-order valence-electron chi connectivity index (χ2n) is 6.36. The maximum atomic E-state index is 12.5. The van der Waals surface area contributed by atoms with Crippen LogP contribution < -0.4 is 0 Å². The molecule has 2 heterocycles.